The van der Waals surface area contributed by atoms with Crippen LogP contribution in [-0.2, 0) is 0 Å². The van der Waals surface area contributed by atoms with Crippen molar-refractivity contribution in [2.45, 2.75) is 0 Å². The zero-order valence-corrected chi connectivity index (χ0v) is 5.38. The number of hydrogen-bond acceptors (Lipinski definition) is 6. The Morgan fingerprint density at radius 1 is 1.27 bits per heavy atom. The van der Waals surface area contributed by atoms with E-state index in [9.17, 15) is 0 Å². The monoisotopic (exact) mass is 149 g/mol. The molecule has 0 radical (unpaired) electrons. The van der Waals surface area contributed by atoms with E-state index in [1.54, 1.807) is 6.08 Å². The molecule has 0 saturated carbocycles. The molecule has 0 amide bonds. The van der Waals surface area contributed by atoms with Gasteiger partial charge >= 0.3 is 0 Å². The standard InChI is InChI=1S/C5H3N5O/c1-2-7-9-10-8-5-4(1)6-3-11-5/h1-3H/b2-1-,4-1?,7-2?,8-5?,9-7-,10-8-,10-9?. The lowest BCUT2D eigenvalue weighted by Crippen LogP contribution is -1.70. The van der Waals surface area contributed by atoms with Crippen LogP contribution in [0.2, 0.25) is 0 Å². The second-order valence-electron chi connectivity index (χ2n) is 1.75. The van der Waals surface area contributed by atoms with Crippen LogP contribution < -0.4 is 0 Å². The highest BCUT2D eigenvalue weighted by molar-refractivity contribution is 5.54. The number of fused-ring (bicyclic) bond motifs is 1. The molecule has 1 aliphatic rings. The summed E-state index contributed by atoms with van der Waals surface area (Å²) in [6.07, 6.45) is 4.40. The number of nitrogens with zero attached hydrogens (tertiary/aromatic N) is 5. The highest BCUT2D eigenvalue weighted by Crippen LogP contribution is 2.20. The first-order chi connectivity index (χ1) is 5.47. The molecule has 1 aliphatic heterocycles. The molecule has 0 unspecified atom stereocenters. The van der Waals surface area contributed by atoms with E-state index >= 15 is 0 Å². The van der Waals surface area contributed by atoms with E-state index in [0.717, 1.165) is 0 Å². The first-order valence-electron chi connectivity index (χ1n) is 2.88. The van der Waals surface area contributed by atoms with E-state index in [4.69, 9.17) is 4.42 Å². The second-order valence-corrected chi connectivity index (χ2v) is 1.75. The van der Waals surface area contributed by atoms with Crippen LogP contribution in [0.25, 0.3) is 6.08 Å². The topological polar surface area (TPSA) is 75.5 Å². The summed E-state index contributed by atoms with van der Waals surface area (Å²) in [6.45, 7) is 0. The van der Waals surface area contributed by atoms with Gasteiger partial charge in [-0.05, 0) is 16.5 Å². The molecule has 1 aromatic rings. The average Bonchev–Trinajstić information content (AvgIpc) is 2.35. The SMILES string of the molecule is C1=C/c2ncoc2\N=N/N=N\1. The summed E-state index contributed by atoms with van der Waals surface area (Å²) in [5, 5.41) is 13.8. The lowest BCUT2D eigenvalue weighted by atomic mass is 10.4. The van der Waals surface area contributed by atoms with Crippen LogP contribution in [0.15, 0.2) is 37.7 Å². The largest absolute Gasteiger partial charge is 0.424 e. The maximum Gasteiger partial charge on any atom is 0.267 e. The van der Waals surface area contributed by atoms with E-state index in [1.165, 1.54) is 12.6 Å². The van der Waals surface area contributed by atoms with E-state index in [0.29, 0.717) is 11.6 Å². The fraction of sp³-hybridized carbons (Fsp3) is 0. The Kier molecular flexibility index (Phi) is 1.29. The second kappa shape index (κ2) is 2.41. The molecular formula is C5H3N5O. The predicted molar refractivity (Wildman–Crippen MR) is 34.9 cm³/mol. The molecule has 0 N–H and O–H groups in total. The summed E-state index contributed by atoms with van der Waals surface area (Å²) in [6, 6.07) is 0. The minimum absolute atomic E-state index is 0.347. The van der Waals surface area contributed by atoms with Crippen molar-refractivity contribution in [1.29, 1.82) is 0 Å². The van der Waals surface area contributed by atoms with Crippen molar-refractivity contribution in [2.75, 3.05) is 0 Å². The van der Waals surface area contributed by atoms with E-state index in [2.05, 4.69) is 25.7 Å². The van der Waals surface area contributed by atoms with Crippen molar-refractivity contribution in [2.24, 2.45) is 20.7 Å². The van der Waals surface area contributed by atoms with Crippen LogP contribution in [0.5, 0.6) is 0 Å². The fourth-order valence-electron chi connectivity index (χ4n) is 0.655. The van der Waals surface area contributed by atoms with Crippen molar-refractivity contribution in [3.05, 3.63) is 18.3 Å². The quantitative estimate of drug-likeness (QED) is 0.566. The number of hydrogen-bond donors (Lipinski definition) is 0. The molecule has 2 rings (SSSR count). The summed E-state index contributed by atoms with van der Waals surface area (Å²) in [5.74, 6) is 0.347. The average molecular weight is 149 g/mol. The highest BCUT2D eigenvalue weighted by Gasteiger charge is 2.03. The van der Waals surface area contributed by atoms with Gasteiger partial charge in [0.15, 0.2) is 6.39 Å². The molecule has 0 atom stereocenters. The van der Waals surface area contributed by atoms with Crippen LogP contribution in [0.1, 0.15) is 5.69 Å². The molecule has 0 aromatic carbocycles. The normalized spacial score (nSPS) is 22.9. The third kappa shape index (κ3) is 1.05. The van der Waals surface area contributed by atoms with Crippen molar-refractivity contribution >= 4 is 12.0 Å². The highest BCUT2D eigenvalue weighted by atomic mass is 16.4. The van der Waals surface area contributed by atoms with Gasteiger partial charge in [-0.1, -0.05) is 5.11 Å². The van der Waals surface area contributed by atoms with Crippen molar-refractivity contribution in [3.8, 4) is 0 Å². The molecule has 2 heterocycles. The lowest BCUT2D eigenvalue weighted by molar-refractivity contribution is 0.560. The molecule has 0 fully saturated rings. The van der Waals surface area contributed by atoms with Gasteiger partial charge in [-0.15, -0.1) is 5.11 Å². The zero-order valence-electron chi connectivity index (χ0n) is 5.38. The Labute approximate surface area is 61.3 Å². The molecule has 0 aliphatic carbocycles. The summed E-state index contributed by atoms with van der Waals surface area (Å²) in [4.78, 5) is 3.85. The Bertz CT molecular complexity index is 306. The van der Waals surface area contributed by atoms with Gasteiger partial charge < -0.3 is 4.42 Å². The van der Waals surface area contributed by atoms with Gasteiger partial charge in [0, 0.05) is 0 Å². The molecule has 0 spiro atoms. The maximum absolute atomic E-state index is 4.87. The molecular weight excluding hydrogens is 146 g/mol. The van der Waals surface area contributed by atoms with E-state index in [-0.39, 0.29) is 0 Å². The van der Waals surface area contributed by atoms with Gasteiger partial charge in [-0.2, -0.15) is 0 Å². The van der Waals surface area contributed by atoms with Crippen molar-refractivity contribution < 1.29 is 4.42 Å². The van der Waals surface area contributed by atoms with Gasteiger partial charge in [0.05, 0.1) is 6.20 Å². The molecule has 11 heavy (non-hydrogen) atoms. The van der Waals surface area contributed by atoms with E-state index in [1.807, 2.05) is 0 Å². The van der Waals surface area contributed by atoms with Gasteiger partial charge in [-0.25, -0.2) is 4.98 Å². The van der Waals surface area contributed by atoms with Gasteiger partial charge in [0.2, 0.25) is 0 Å². The van der Waals surface area contributed by atoms with Gasteiger partial charge in [-0.3, -0.25) is 0 Å². The molecule has 1 aromatic heterocycles. The Balaban J connectivity index is 2.52. The Hall–Kier alpha value is -1.85. The van der Waals surface area contributed by atoms with Crippen LogP contribution >= 0.6 is 0 Å². The summed E-state index contributed by atoms with van der Waals surface area (Å²) in [7, 11) is 0. The fourth-order valence-corrected chi connectivity index (χ4v) is 0.655. The Morgan fingerprint density at radius 3 is 3.27 bits per heavy atom. The summed E-state index contributed by atoms with van der Waals surface area (Å²) in [5.41, 5.74) is 0.604. The van der Waals surface area contributed by atoms with Crippen LogP contribution in [-0.4, -0.2) is 4.98 Å². The van der Waals surface area contributed by atoms with Gasteiger partial charge in [0.25, 0.3) is 5.88 Å². The van der Waals surface area contributed by atoms with Crippen LogP contribution in [0, 0.1) is 0 Å². The van der Waals surface area contributed by atoms with Gasteiger partial charge in [0.1, 0.15) is 5.69 Å². The zero-order chi connectivity index (χ0) is 7.52. The number of aromatic nitrogens is 1. The summed E-state index contributed by atoms with van der Waals surface area (Å²) < 4.78 is 4.87. The third-order valence-electron chi connectivity index (χ3n) is 1.10. The minimum Gasteiger partial charge on any atom is -0.424 e. The predicted octanol–water partition coefficient (Wildman–Crippen LogP) is 2.11. The maximum atomic E-state index is 4.87. The molecule has 54 valence electrons. The molecule has 0 saturated heterocycles. The number of oxazole rings is 1. The van der Waals surface area contributed by atoms with Crippen LogP contribution in [0.3, 0.4) is 0 Å². The minimum atomic E-state index is 0.347. The van der Waals surface area contributed by atoms with Crippen molar-refractivity contribution in [3.63, 3.8) is 0 Å². The molecule has 6 heteroatoms. The molecule has 0 bridgehead atoms. The van der Waals surface area contributed by atoms with E-state index < -0.39 is 0 Å². The third-order valence-corrected chi connectivity index (χ3v) is 1.10. The molecule has 6 nitrogen and oxygen atoms in total. The smallest absolute Gasteiger partial charge is 0.267 e. The number of rotatable bonds is 0. The first-order valence-corrected chi connectivity index (χ1v) is 2.88. The Morgan fingerprint density at radius 2 is 2.27 bits per heavy atom. The lowest BCUT2D eigenvalue weighted by Gasteiger charge is -1.85. The van der Waals surface area contributed by atoms with Crippen molar-refractivity contribution in [1.82, 2.24) is 4.98 Å². The summed E-state index contributed by atoms with van der Waals surface area (Å²) >= 11 is 0. The first kappa shape index (κ1) is 5.90. The van der Waals surface area contributed by atoms with Crippen LogP contribution in [0.4, 0.5) is 5.88 Å².